The van der Waals surface area contributed by atoms with Crippen LogP contribution in [0.2, 0.25) is 5.02 Å². The molecule has 0 saturated heterocycles. The molecule has 3 rings (SSSR count). The number of fused-ring (bicyclic) bond motifs is 1. The minimum atomic E-state index is -0.00868. The lowest BCUT2D eigenvalue weighted by Crippen LogP contribution is -2.33. The van der Waals surface area contributed by atoms with Crippen LogP contribution < -0.4 is 10.5 Å². The molecule has 2 aromatic carbocycles. The summed E-state index contributed by atoms with van der Waals surface area (Å²) in [5.41, 5.74) is 7.42. The number of nitrogens with two attached hydrogens (primary N) is 1. The van der Waals surface area contributed by atoms with Gasteiger partial charge >= 0.3 is 0 Å². The maximum atomic E-state index is 6.34. The van der Waals surface area contributed by atoms with E-state index in [9.17, 15) is 0 Å². The van der Waals surface area contributed by atoms with Crippen LogP contribution in [0.1, 0.15) is 11.6 Å². The SMILES string of the molecule is NC1c2ccccc2OCC1Sc1ccc(Cl)cc1. The van der Waals surface area contributed by atoms with Crippen molar-refractivity contribution in [2.75, 3.05) is 6.61 Å². The average Bonchev–Trinajstić information content (AvgIpc) is 2.45. The third-order valence-electron chi connectivity index (χ3n) is 3.18. The molecule has 2 unspecified atom stereocenters. The maximum absolute atomic E-state index is 6.34. The molecule has 2 aromatic rings. The second-order valence-electron chi connectivity index (χ2n) is 4.48. The maximum Gasteiger partial charge on any atom is 0.124 e. The van der Waals surface area contributed by atoms with Crippen molar-refractivity contribution in [2.24, 2.45) is 5.73 Å². The average molecular weight is 292 g/mol. The predicted molar refractivity (Wildman–Crippen MR) is 80.0 cm³/mol. The molecular formula is C15H14ClNOS. The Morgan fingerprint density at radius 1 is 1.11 bits per heavy atom. The van der Waals surface area contributed by atoms with Crippen molar-refractivity contribution in [3.63, 3.8) is 0 Å². The topological polar surface area (TPSA) is 35.2 Å². The Balaban J connectivity index is 1.79. The largest absolute Gasteiger partial charge is 0.492 e. The van der Waals surface area contributed by atoms with E-state index in [1.807, 2.05) is 48.5 Å². The summed E-state index contributed by atoms with van der Waals surface area (Å²) in [6.45, 7) is 0.630. The lowest BCUT2D eigenvalue weighted by molar-refractivity contribution is 0.276. The minimum Gasteiger partial charge on any atom is -0.492 e. The van der Waals surface area contributed by atoms with Gasteiger partial charge in [0.2, 0.25) is 0 Å². The van der Waals surface area contributed by atoms with Crippen LogP contribution in [0, 0.1) is 0 Å². The molecule has 0 spiro atoms. The minimum absolute atomic E-state index is 0.00868. The molecule has 0 bridgehead atoms. The zero-order chi connectivity index (χ0) is 13.2. The highest BCUT2D eigenvalue weighted by molar-refractivity contribution is 8.00. The van der Waals surface area contributed by atoms with Crippen LogP contribution in [-0.2, 0) is 0 Å². The summed E-state index contributed by atoms with van der Waals surface area (Å²) in [6.07, 6.45) is 0. The van der Waals surface area contributed by atoms with Gasteiger partial charge in [-0.25, -0.2) is 0 Å². The summed E-state index contributed by atoms with van der Waals surface area (Å²) >= 11 is 7.63. The highest BCUT2D eigenvalue weighted by Crippen LogP contribution is 2.38. The predicted octanol–water partition coefficient (Wildman–Crippen LogP) is 3.89. The Bertz CT molecular complexity index is 573. The third-order valence-corrected chi connectivity index (χ3v) is 4.71. The number of para-hydroxylation sites is 1. The smallest absolute Gasteiger partial charge is 0.124 e. The summed E-state index contributed by atoms with van der Waals surface area (Å²) < 4.78 is 5.78. The molecule has 2 atom stereocenters. The summed E-state index contributed by atoms with van der Waals surface area (Å²) in [7, 11) is 0. The second kappa shape index (κ2) is 5.45. The Labute approximate surface area is 121 Å². The van der Waals surface area contributed by atoms with Crippen LogP contribution in [0.3, 0.4) is 0 Å². The normalized spacial score (nSPS) is 21.6. The molecule has 0 saturated carbocycles. The number of hydrogen-bond donors (Lipinski definition) is 1. The van der Waals surface area contributed by atoms with E-state index in [-0.39, 0.29) is 11.3 Å². The lowest BCUT2D eigenvalue weighted by atomic mass is 10.0. The number of benzene rings is 2. The molecule has 0 radical (unpaired) electrons. The van der Waals surface area contributed by atoms with Gasteiger partial charge < -0.3 is 10.5 Å². The Hall–Kier alpha value is -1.16. The number of thioether (sulfide) groups is 1. The quantitative estimate of drug-likeness (QED) is 0.911. The summed E-state index contributed by atoms with van der Waals surface area (Å²) in [4.78, 5) is 1.16. The standard InChI is InChI=1S/C15H14ClNOS/c16-10-5-7-11(8-6-10)19-14-9-18-13-4-2-1-3-12(13)15(14)17/h1-8,14-15H,9,17H2. The van der Waals surface area contributed by atoms with E-state index in [0.29, 0.717) is 6.61 Å². The van der Waals surface area contributed by atoms with Crippen molar-refractivity contribution in [1.29, 1.82) is 0 Å². The van der Waals surface area contributed by atoms with E-state index in [1.54, 1.807) is 11.8 Å². The highest BCUT2D eigenvalue weighted by Gasteiger charge is 2.28. The fourth-order valence-corrected chi connectivity index (χ4v) is 3.36. The van der Waals surface area contributed by atoms with Crippen molar-refractivity contribution < 1.29 is 4.74 Å². The molecule has 2 N–H and O–H groups in total. The molecule has 0 aliphatic carbocycles. The van der Waals surface area contributed by atoms with Gasteiger partial charge in [-0.05, 0) is 30.3 Å². The fourth-order valence-electron chi connectivity index (χ4n) is 2.16. The molecule has 0 amide bonds. The van der Waals surface area contributed by atoms with Crippen molar-refractivity contribution in [2.45, 2.75) is 16.2 Å². The van der Waals surface area contributed by atoms with Crippen LogP contribution in [0.5, 0.6) is 5.75 Å². The molecule has 2 nitrogen and oxygen atoms in total. The Morgan fingerprint density at radius 2 is 1.84 bits per heavy atom. The van der Waals surface area contributed by atoms with Gasteiger partial charge in [0, 0.05) is 21.5 Å². The van der Waals surface area contributed by atoms with Gasteiger partial charge in [0.25, 0.3) is 0 Å². The first-order chi connectivity index (χ1) is 9.24. The van der Waals surface area contributed by atoms with Crippen LogP contribution in [0.25, 0.3) is 0 Å². The van der Waals surface area contributed by atoms with Gasteiger partial charge in [-0.2, -0.15) is 0 Å². The summed E-state index contributed by atoms with van der Waals surface area (Å²) in [5, 5.41) is 0.968. The summed E-state index contributed by atoms with van der Waals surface area (Å²) in [5.74, 6) is 0.906. The number of rotatable bonds is 2. The molecular weight excluding hydrogens is 278 g/mol. The van der Waals surface area contributed by atoms with Gasteiger partial charge in [0.05, 0.1) is 5.25 Å². The van der Waals surface area contributed by atoms with Crippen molar-refractivity contribution in [1.82, 2.24) is 0 Å². The van der Waals surface area contributed by atoms with E-state index in [4.69, 9.17) is 22.1 Å². The van der Waals surface area contributed by atoms with Gasteiger partial charge in [0.15, 0.2) is 0 Å². The number of halogens is 1. The van der Waals surface area contributed by atoms with Gasteiger partial charge in [-0.3, -0.25) is 0 Å². The first-order valence-corrected chi connectivity index (χ1v) is 7.39. The van der Waals surface area contributed by atoms with Gasteiger partial charge in [-0.1, -0.05) is 29.8 Å². The molecule has 0 aromatic heterocycles. The van der Waals surface area contributed by atoms with Gasteiger partial charge in [-0.15, -0.1) is 11.8 Å². The van der Waals surface area contributed by atoms with E-state index >= 15 is 0 Å². The monoisotopic (exact) mass is 291 g/mol. The fraction of sp³-hybridized carbons (Fsp3) is 0.200. The van der Waals surface area contributed by atoms with E-state index < -0.39 is 0 Å². The van der Waals surface area contributed by atoms with Crippen molar-refractivity contribution >= 4 is 23.4 Å². The van der Waals surface area contributed by atoms with Crippen LogP contribution in [0.4, 0.5) is 0 Å². The molecule has 4 heteroatoms. The number of ether oxygens (including phenoxy) is 1. The summed E-state index contributed by atoms with van der Waals surface area (Å²) in [6, 6.07) is 15.8. The van der Waals surface area contributed by atoms with E-state index in [2.05, 4.69) is 0 Å². The van der Waals surface area contributed by atoms with E-state index in [0.717, 1.165) is 21.2 Å². The van der Waals surface area contributed by atoms with Crippen LogP contribution in [-0.4, -0.2) is 11.9 Å². The number of hydrogen-bond acceptors (Lipinski definition) is 3. The Morgan fingerprint density at radius 3 is 2.63 bits per heavy atom. The first kappa shape index (κ1) is 12.9. The van der Waals surface area contributed by atoms with Gasteiger partial charge in [0.1, 0.15) is 12.4 Å². The van der Waals surface area contributed by atoms with Crippen LogP contribution in [0.15, 0.2) is 53.4 Å². The molecule has 1 aliphatic rings. The van der Waals surface area contributed by atoms with E-state index in [1.165, 1.54) is 0 Å². The van der Waals surface area contributed by atoms with Crippen molar-refractivity contribution in [3.8, 4) is 5.75 Å². The lowest BCUT2D eigenvalue weighted by Gasteiger charge is -2.30. The zero-order valence-corrected chi connectivity index (χ0v) is 11.8. The van der Waals surface area contributed by atoms with Crippen molar-refractivity contribution in [3.05, 3.63) is 59.1 Å². The van der Waals surface area contributed by atoms with Crippen LogP contribution >= 0.6 is 23.4 Å². The molecule has 19 heavy (non-hydrogen) atoms. The Kier molecular flexibility index (Phi) is 3.69. The third kappa shape index (κ3) is 2.73. The second-order valence-corrected chi connectivity index (χ2v) is 6.23. The zero-order valence-electron chi connectivity index (χ0n) is 10.3. The molecule has 1 aliphatic heterocycles. The highest BCUT2D eigenvalue weighted by atomic mass is 35.5. The molecule has 0 fully saturated rings. The molecule has 98 valence electrons. The molecule has 1 heterocycles. The first-order valence-electron chi connectivity index (χ1n) is 6.13.